The molecular weight excluding hydrogens is 202 g/mol. The fourth-order valence-corrected chi connectivity index (χ4v) is 2.39. The van der Waals surface area contributed by atoms with Crippen LogP contribution >= 0.6 is 11.3 Å². The van der Waals surface area contributed by atoms with Crippen molar-refractivity contribution in [2.24, 2.45) is 0 Å². The van der Waals surface area contributed by atoms with Crippen molar-refractivity contribution in [1.29, 1.82) is 0 Å². The molecule has 0 atom stereocenters. The Morgan fingerprint density at radius 3 is 2.64 bits per heavy atom. The minimum atomic E-state index is -0.995. The molecular formula is C8H11N3O2S. The largest absolute Gasteiger partial charge is 0.477 e. The van der Waals surface area contributed by atoms with E-state index in [1.54, 1.807) is 0 Å². The molecule has 2 rings (SSSR count). The zero-order chi connectivity index (χ0) is 10.1. The van der Waals surface area contributed by atoms with E-state index in [0.717, 1.165) is 42.4 Å². The van der Waals surface area contributed by atoms with E-state index in [1.807, 2.05) is 0 Å². The first-order valence-corrected chi connectivity index (χ1v) is 5.24. The number of nitrogen functional groups attached to an aromatic ring is 1. The number of aromatic carboxylic acids is 1. The van der Waals surface area contributed by atoms with E-state index < -0.39 is 5.97 Å². The minimum absolute atomic E-state index is 0.129. The van der Waals surface area contributed by atoms with Crippen LogP contribution in [0.15, 0.2) is 0 Å². The Kier molecular flexibility index (Phi) is 2.28. The molecule has 0 saturated carbocycles. The van der Waals surface area contributed by atoms with Gasteiger partial charge in [-0.3, -0.25) is 0 Å². The molecule has 0 unspecified atom stereocenters. The molecule has 0 aliphatic carbocycles. The van der Waals surface area contributed by atoms with Gasteiger partial charge in [0.05, 0.1) is 0 Å². The van der Waals surface area contributed by atoms with Crippen molar-refractivity contribution in [2.75, 3.05) is 23.7 Å². The molecule has 1 fully saturated rings. The summed E-state index contributed by atoms with van der Waals surface area (Å²) in [4.78, 5) is 17.0. The van der Waals surface area contributed by atoms with Crippen LogP contribution in [0.3, 0.4) is 0 Å². The maximum absolute atomic E-state index is 10.7. The third-order valence-corrected chi connectivity index (χ3v) is 3.33. The molecule has 76 valence electrons. The number of nitrogens with zero attached hydrogens (tertiary/aromatic N) is 2. The highest BCUT2D eigenvalue weighted by Gasteiger charge is 2.20. The molecule has 1 aromatic heterocycles. The molecule has 0 radical (unpaired) electrons. The third kappa shape index (κ3) is 1.52. The lowest BCUT2D eigenvalue weighted by Gasteiger charge is -2.11. The van der Waals surface area contributed by atoms with Gasteiger partial charge in [-0.15, -0.1) is 0 Å². The van der Waals surface area contributed by atoms with Crippen LogP contribution in [0, 0.1) is 0 Å². The molecule has 3 N–H and O–H groups in total. The van der Waals surface area contributed by atoms with Crippen molar-refractivity contribution in [3.63, 3.8) is 0 Å². The first-order valence-electron chi connectivity index (χ1n) is 4.43. The quantitative estimate of drug-likeness (QED) is 0.766. The van der Waals surface area contributed by atoms with Crippen LogP contribution < -0.4 is 10.6 Å². The summed E-state index contributed by atoms with van der Waals surface area (Å²) in [5.41, 5.74) is 5.50. The summed E-state index contributed by atoms with van der Waals surface area (Å²) in [6.45, 7) is 1.90. The Bertz CT molecular complexity index is 357. The second-order valence-electron chi connectivity index (χ2n) is 3.21. The van der Waals surface area contributed by atoms with Crippen LogP contribution in [0.2, 0.25) is 0 Å². The van der Waals surface area contributed by atoms with E-state index >= 15 is 0 Å². The van der Waals surface area contributed by atoms with Crippen LogP contribution in [0.25, 0.3) is 0 Å². The maximum Gasteiger partial charge on any atom is 0.349 e. The second-order valence-corrected chi connectivity index (χ2v) is 4.19. The number of carboxylic acid groups (broad SMARTS) is 1. The Labute approximate surface area is 85.2 Å². The molecule has 5 nitrogen and oxygen atoms in total. The van der Waals surface area contributed by atoms with Gasteiger partial charge in [0.25, 0.3) is 0 Å². The van der Waals surface area contributed by atoms with Gasteiger partial charge in [-0.05, 0) is 12.8 Å². The monoisotopic (exact) mass is 213 g/mol. The van der Waals surface area contributed by atoms with Crippen molar-refractivity contribution in [2.45, 2.75) is 12.8 Å². The van der Waals surface area contributed by atoms with Gasteiger partial charge in [0, 0.05) is 13.1 Å². The zero-order valence-corrected chi connectivity index (χ0v) is 8.38. The van der Waals surface area contributed by atoms with E-state index in [9.17, 15) is 4.79 Å². The van der Waals surface area contributed by atoms with Gasteiger partial charge in [-0.1, -0.05) is 11.3 Å². The Balaban J connectivity index is 2.27. The van der Waals surface area contributed by atoms with Crippen LogP contribution in [-0.4, -0.2) is 29.1 Å². The lowest BCUT2D eigenvalue weighted by Crippen LogP contribution is -2.17. The van der Waals surface area contributed by atoms with Gasteiger partial charge in [0.1, 0.15) is 0 Å². The molecule has 14 heavy (non-hydrogen) atoms. The van der Waals surface area contributed by atoms with Gasteiger partial charge in [-0.25, -0.2) is 9.78 Å². The first kappa shape index (κ1) is 9.26. The van der Waals surface area contributed by atoms with Crippen LogP contribution in [0.4, 0.5) is 10.9 Å². The lowest BCUT2D eigenvalue weighted by atomic mass is 10.4. The van der Waals surface area contributed by atoms with E-state index in [0.29, 0.717) is 0 Å². The zero-order valence-electron chi connectivity index (χ0n) is 7.56. The average Bonchev–Trinajstić information content (AvgIpc) is 2.70. The average molecular weight is 213 g/mol. The van der Waals surface area contributed by atoms with Crippen molar-refractivity contribution in [3.05, 3.63) is 4.88 Å². The van der Waals surface area contributed by atoms with Crippen molar-refractivity contribution < 1.29 is 9.90 Å². The first-order chi connectivity index (χ1) is 6.68. The van der Waals surface area contributed by atoms with Gasteiger partial charge < -0.3 is 15.7 Å². The van der Waals surface area contributed by atoms with Gasteiger partial charge in [0.2, 0.25) is 0 Å². The normalized spacial score (nSPS) is 16.1. The Morgan fingerprint density at radius 1 is 1.50 bits per heavy atom. The van der Waals surface area contributed by atoms with Crippen molar-refractivity contribution in [1.82, 2.24) is 4.98 Å². The highest BCUT2D eigenvalue weighted by molar-refractivity contribution is 7.17. The summed E-state index contributed by atoms with van der Waals surface area (Å²) in [7, 11) is 0. The highest BCUT2D eigenvalue weighted by atomic mass is 32.1. The summed E-state index contributed by atoms with van der Waals surface area (Å²) in [5.74, 6) is -0.866. The minimum Gasteiger partial charge on any atom is -0.477 e. The fourth-order valence-electron chi connectivity index (χ4n) is 1.52. The molecule has 2 heterocycles. The van der Waals surface area contributed by atoms with E-state index in [4.69, 9.17) is 10.8 Å². The number of rotatable bonds is 2. The Hall–Kier alpha value is -1.30. The van der Waals surface area contributed by atoms with Crippen LogP contribution in [0.5, 0.6) is 0 Å². The number of carbonyl (C=O) groups is 1. The maximum atomic E-state index is 10.7. The van der Waals surface area contributed by atoms with E-state index in [1.165, 1.54) is 0 Å². The molecule has 1 saturated heterocycles. The van der Waals surface area contributed by atoms with E-state index in [-0.39, 0.29) is 10.7 Å². The predicted molar refractivity (Wildman–Crippen MR) is 54.9 cm³/mol. The summed E-state index contributed by atoms with van der Waals surface area (Å²) in [5, 5.41) is 9.53. The summed E-state index contributed by atoms with van der Waals surface area (Å²) in [6, 6.07) is 0. The number of aromatic nitrogens is 1. The highest BCUT2D eigenvalue weighted by Crippen LogP contribution is 2.29. The molecule has 1 aliphatic heterocycles. The van der Waals surface area contributed by atoms with Gasteiger partial charge in [-0.2, -0.15) is 0 Å². The third-order valence-electron chi connectivity index (χ3n) is 2.21. The SMILES string of the molecule is Nc1nc(N2CCCC2)sc1C(=O)O. The topological polar surface area (TPSA) is 79.5 Å². The number of hydrogen-bond donors (Lipinski definition) is 2. The van der Waals surface area contributed by atoms with Crippen LogP contribution in [-0.2, 0) is 0 Å². The lowest BCUT2D eigenvalue weighted by molar-refractivity contribution is 0.0703. The molecule has 0 bridgehead atoms. The summed E-state index contributed by atoms with van der Waals surface area (Å²) in [6.07, 6.45) is 2.28. The van der Waals surface area contributed by atoms with Crippen molar-refractivity contribution >= 4 is 28.3 Å². The van der Waals surface area contributed by atoms with Crippen molar-refractivity contribution in [3.8, 4) is 0 Å². The Morgan fingerprint density at radius 2 is 2.14 bits per heavy atom. The summed E-state index contributed by atoms with van der Waals surface area (Å²) >= 11 is 1.16. The number of thiazole rings is 1. The molecule has 0 aromatic carbocycles. The number of hydrogen-bond acceptors (Lipinski definition) is 5. The predicted octanol–water partition coefficient (Wildman–Crippen LogP) is 1.02. The van der Waals surface area contributed by atoms with Gasteiger partial charge >= 0.3 is 5.97 Å². The number of nitrogens with two attached hydrogens (primary N) is 1. The molecule has 0 amide bonds. The van der Waals surface area contributed by atoms with Crippen LogP contribution in [0.1, 0.15) is 22.5 Å². The number of anilines is 2. The van der Waals surface area contributed by atoms with E-state index in [2.05, 4.69) is 9.88 Å². The van der Waals surface area contributed by atoms with Gasteiger partial charge in [0.15, 0.2) is 15.8 Å². The second kappa shape index (κ2) is 3.45. The standard InChI is InChI=1S/C8H11N3O2S/c9-6-5(7(12)13)14-8(10-6)11-3-1-2-4-11/h1-4,9H2,(H,12,13). The molecule has 0 spiro atoms. The smallest absolute Gasteiger partial charge is 0.349 e. The molecule has 6 heteroatoms. The summed E-state index contributed by atoms with van der Waals surface area (Å²) < 4.78 is 0. The fraction of sp³-hybridized carbons (Fsp3) is 0.500. The number of carboxylic acids is 1. The molecule has 1 aromatic rings. The molecule has 1 aliphatic rings.